The molecule has 0 bridgehead atoms. The lowest BCUT2D eigenvalue weighted by atomic mass is 10.0. The molecule has 0 spiro atoms. The van der Waals surface area contributed by atoms with Gasteiger partial charge in [-0.3, -0.25) is 19.5 Å². The number of pyridine rings is 1. The number of carbonyl (C=O) groups is 2. The molecule has 1 N–H and O–H groups in total. The molecule has 0 radical (unpaired) electrons. The molecule has 1 amide bonds. The number of likely N-dealkylation sites (tertiary alicyclic amines) is 1. The van der Waals surface area contributed by atoms with Gasteiger partial charge < -0.3 is 9.88 Å². The predicted octanol–water partition coefficient (Wildman–Crippen LogP) is 4.27. The fourth-order valence-electron chi connectivity index (χ4n) is 4.95. The Labute approximate surface area is 211 Å². The van der Waals surface area contributed by atoms with Crippen molar-refractivity contribution in [2.24, 2.45) is 0 Å². The number of terminal acetylenes is 1. The maximum atomic E-state index is 13.4. The largest absolute Gasteiger partial charge is 0.348 e. The van der Waals surface area contributed by atoms with E-state index in [1.165, 1.54) is 0 Å². The van der Waals surface area contributed by atoms with Gasteiger partial charge in [0.25, 0.3) is 5.91 Å². The number of aldehydes is 1. The predicted molar refractivity (Wildman–Crippen MR) is 141 cm³/mol. The van der Waals surface area contributed by atoms with Gasteiger partial charge in [0, 0.05) is 66.6 Å². The normalized spacial score (nSPS) is 14.4. The molecule has 1 fully saturated rings. The standard InChI is InChI=1S/C30H28N4O2/c1-2-22-15-24(17-25(16-22)21-35)19-33-13-9-27(10-14-33)32-30(36)29-18-26-5-3-4-6-28(26)34(29)20-23-7-11-31-12-8-23/h1,3-8,11-12,15-18,21,27H,9-10,13-14,19-20H2,(H,32,36). The van der Waals surface area contributed by atoms with Crippen LogP contribution >= 0.6 is 0 Å². The van der Waals surface area contributed by atoms with Gasteiger partial charge in [-0.25, -0.2) is 0 Å². The minimum Gasteiger partial charge on any atom is -0.348 e. The number of hydrogen-bond acceptors (Lipinski definition) is 4. The van der Waals surface area contributed by atoms with Gasteiger partial charge in [-0.1, -0.05) is 24.1 Å². The van der Waals surface area contributed by atoms with Gasteiger partial charge in [-0.2, -0.15) is 0 Å². The molecule has 1 aliphatic rings. The van der Waals surface area contributed by atoms with Crippen LogP contribution < -0.4 is 5.32 Å². The number of carbonyl (C=O) groups excluding carboxylic acids is 2. The van der Waals surface area contributed by atoms with Crippen molar-refractivity contribution >= 4 is 23.1 Å². The number of para-hydroxylation sites is 1. The zero-order valence-electron chi connectivity index (χ0n) is 20.1. The number of rotatable bonds is 7. The van der Waals surface area contributed by atoms with Gasteiger partial charge in [0.1, 0.15) is 12.0 Å². The lowest BCUT2D eigenvalue weighted by Crippen LogP contribution is -2.44. The zero-order valence-corrected chi connectivity index (χ0v) is 20.1. The lowest BCUT2D eigenvalue weighted by molar-refractivity contribution is 0.0900. The Bertz CT molecular complexity index is 1430. The van der Waals surface area contributed by atoms with Crippen LogP contribution in [0.2, 0.25) is 0 Å². The van der Waals surface area contributed by atoms with E-state index < -0.39 is 0 Å². The molecule has 1 aliphatic heterocycles. The summed E-state index contributed by atoms with van der Waals surface area (Å²) in [5, 5.41) is 4.32. The van der Waals surface area contributed by atoms with E-state index in [1.807, 2.05) is 48.5 Å². The third kappa shape index (κ3) is 5.22. The Kier molecular flexibility index (Phi) is 6.92. The maximum absolute atomic E-state index is 13.4. The number of hydrogen-bond donors (Lipinski definition) is 1. The molecule has 0 aliphatic carbocycles. The molecule has 0 atom stereocenters. The van der Waals surface area contributed by atoms with E-state index in [0.29, 0.717) is 17.8 Å². The number of fused-ring (bicyclic) bond motifs is 1. The highest BCUT2D eigenvalue weighted by Crippen LogP contribution is 2.22. The van der Waals surface area contributed by atoms with E-state index >= 15 is 0 Å². The Hall–Kier alpha value is -4.21. The van der Waals surface area contributed by atoms with Crippen LogP contribution in [-0.4, -0.2) is 45.8 Å². The van der Waals surface area contributed by atoms with Crippen molar-refractivity contribution in [1.82, 2.24) is 19.8 Å². The molecule has 36 heavy (non-hydrogen) atoms. The molecule has 2 aromatic carbocycles. The van der Waals surface area contributed by atoms with Crippen molar-refractivity contribution < 1.29 is 9.59 Å². The first-order valence-corrected chi connectivity index (χ1v) is 12.2. The summed E-state index contributed by atoms with van der Waals surface area (Å²) >= 11 is 0. The van der Waals surface area contributed by atoms with Crippen molar-refractivity contribution in [3.8, 4) is 12.3 Å². The first-order chi connectivity index (χ1) is 17.6. The SMILES string of the molecule is C#Cc1cc(C=O)cc(CN2CCC(NC(=O)c3cc4ccccc4n3Cc3ccncc3)CC2)c1. The number of amides is 1. The van der Waals surface area contributed by atoms with Crippen LogP contribution in [0.4, 0.5) is 0 Å². The average molecular weight is 477 g/mol. The second-order valence-electron chi connectivity index (χ2n) is 9.28. The summed E-state index contributed by atoms with van der Waals surface area (Å²) in [6.45, 7) is 3.07. The van der Waals surface area contributed by atoms with Crippen LogP contribution in [0.1, 0.15) is 50.4 Å². The minimum atomic E-state index is -0.0453. The fourth-order valence-corrected chi connectivity index (χ4v) is 4.95. The van der Waals surface area contributed by atoms with E-state index in [0.717, 1.165) is 66.4 Å². The van der Waals surface area contributed by atoms with Crippen LogP contribution in [0.15, 0.2) is 73.1 Å². The van der Waals surface area contributed by atoms with Crippen LogP contribution in [0, 0.1) is 12.3 Å². The third-order valence-corrected chi connectivity index (χ3v) is 6.78. The fraction of sp³-hybridized carbons (Fsp3) is 0.233. The van der Waals surface area contributed by atoms with Crippen molar-refractivity contribution in [3.63, 3.8) is 0 Å². The smallest absolute Gasteiger partial charge is 0.268 e. The maximum Gasteiger partial charge on any atom is 0.268 e. The Morgan fingerprint density at radius 1 is 1.03 bits per heavy atom. The summed E-state index contributed by atoms with van der Waals surface area (Å²) < 4.78 is 2.08. The molecule has 0 unspecified atom stereocenters. The molecule has 1 saturated heterocycles. The molecule has 2 aromatic heterocycles. The molecular formula is C30H28N4O2. The van der Waals surface area contributed by atoms with E-state index in [-0.39, 0.29) is 11.9 Å². The van der Waals surface area contributed by atoms with Gasteiger partial charge in [0.05, 0.1) is 0 Å². The van der Waals surface area contributed by atoms with Gasteiger partial charge in [-0.15, -0.1) is 6.42 Å². The third-order valence-electron chi connectivity index (χ3n) is 6.78. The molecule has 3 heterocycles. The summed E-state index contributed by atoms with van der Waals surface area (Å²) in [5.74, 6) is 2.58. The molecule has 4 aromatic rings. The first kappa shape index (κ1) is 23.5. The van der Waals surface area contributed by atoms with Crippen molar-refractivity contribution in [3.05, 3.63) is 101 Å². The summed E-state index contributed by atoms with van der Waals surface area (Å²) in [5.41, 5.74) is 5.17. The molecule has 0 saturated carbocycles. The Morgan fingerprint density at radius 3 is 2.56 bits per heavy atom. The van der Waals surface area contributed by atoms with E-state index in [2.05, 4.69) is 31.8 Å². The zero-order chi connectivity index (χ0) is 24.9. The monoisotopic (exact) mass is 476 g/mol. The summed E-state index contributed by atoms with van der Waals surface area (Å²) in [7, 11) is 0. The van der Waals surface area contributed by atoms with E-state index in [1.54, 1.807) is 18.5 Å². The van der Waals surface area contributed by atoms with Gasteiger partial charge >= 0.3 is 0 Å². The summed E-state index contributed by atoms with van der Waals surface area (Å²) in [6.07, 6.45) is 11.7. The average Bonchev–Trinajstić information content (AvgIpc) is 3.28. The Morgan fingerprint density at radius 2 is 1.81 bits per heavy atom. The van der Waals surface area contributed by atoms with Crippen molar-refractivity contribution in [1.29, 1.82) is 0 Å². The van der Waals surface area contributed by atoms with Gasteiger partial charge in [0.2, 0.25) is 0 Å². The highest BCUT2D eigenvalue weighted by Gasteiger charge is 2.23. The lowest BCUT2D eigenvalue weighted by Gasteiger charge is -2.32. The van der Waals surface area contributed by atoms with Crippen LogP contribution in [0.25, 0.3) is 10.9 Å². The number of nitrogens with one attached hydrogen (secondary N) is 1. The van der Waals surface area contributed by atoms with E-state index in [9.17, 15) is 9.59 Å². The minimum absolute atomic E-state index is 0.0453. The number of aromatic nitrogens is 2. The first-order valence-electron chi connectivity index (χ1n) is 12.2. The molecule has 5 rings (SSSR count). The number of piperidine rings is 1. The second kappa shape index (κ2) is 10.6. The van der Waals surface area contributed by atoms with Crippen LogP contribution in [-0.2, 0) is 13.1 Å². The molecule has 180 valence electrons. The van der Waals surface area contributed by atoms with Crippen molar-refractivity contribution in [2.45, 2.75) is 32.0 Å². The van der Waals surface area contributed by atoms with Gasteiger partial charge in [-0.05, 0) is 66.4 Å². The molecular weight excluding hydrogens is 448 g/mol. The molecule has 6 nitrogen and oxygen atoms in total. The van der Waals surface area contributed by atoms with E-state index in [4.69, 9.17) is 6.42 Å². The van der Waals surface area contributed by atoms with Gasteiger partial charge in [0.15, 0.2) is 0 Å². The summed E-state index contributed by atoms with van der Waals surface area (Å²) in [6, 6.07) is 19.7. The number of benzene rings is 2. The Balaban J connectivity index is 1.25. The highest BCUT2D eigenvalue weighted by atomic mass is 16.2. The summed E-state index contributed by atoms with van der Waals surface area (Å²) in [4.78, 5) is 31.1. The molecule has 6 heteroatoms. The van der Waals surface area contributed by atoms with Crippen LogP contribution in [0.5, 0.6) is 0 Å². The topological polar surface area (TPSA) is 67.2 Å². The quantitative estimate of drug-likeness (QED) is 0.320. The number of nitrogens with zero attached hydrogens (tertiary/aromatic N) is 3. The van der Waals surface area contributed by atoms with Crippen molar-refractivity contribution in [2.75, 3.05) is 13.1 Å². The van der Waals surface area contributed by atoms with Crippen LogP contribution in [0.3, 0.4) is 0 Å². The second-order valence-corrected chi connectivity index (χ2v) is 9.28. The highest BCUT2D eigenvalue weighted by molar-refractivity contribution is 5.99.